The number of rotatable bonds is 4. The topological polar surface area (TPSA) is 39.3 Å². The largest absolute Gasteiger partial charge is 0.361 e. The van der Waals surface area contributed by atoms with Gasteiger partial charge in [-0.2, -0.15) is 0 Å². The summed E-state index contributed by atoms with van der Waals surface area (Å²) in [6.45, 7) is 9.36. The molecule has 1 amide bonds. The number of nitrogens with one attached hydrogen (secondary N) is 1. The van der Waals surface area contributed by atoms with Crippen LogP contribution >= 0.6 is 0 Å². The molecule has 1 aliphatic heterocycles. The number of benzene rings is 1. The average Bonchev–Trinajstić information content (AvgIpc) is 3.06. The maximum Gasteiger partial charge on any atom is 0.231 e. The van der Waals surface area contributed by atoms with E-state index >= 15 is 0 Å². The Morgan fingerprint density at radius 2 is 2.11 bits per heavy atom. The maximum atomic E-state index is 13.4. The second-order valence-electron chi connectivity index (χ2n) is 8.53. The van der Waals surface area contributed by atoms with Gasteiger partial charge in [0.25, 0.3) is 0 Å². The molecule has 3 unspecified atom stereocenters. The highest BCUT2D eigenvalue weighted by Gasteiger charge is 2.37. The van der Waals surface area contributed by atoms with Crippen molar-refractivity contribution in [1.29, 1.82) is 0 Å². The van der Waals surface area contributed by atoms with Crippen molar-refractivity contribution in [3.8, 4) is 0 Å². The number of hydrogen-bond donors (Lipinski definition) is 1. The van der Waals surface area contributed by atoms with Gasteiger partial charge in [0, 0.05) is 41.8 Å². The van der Waals surface area contributed by atoms with Gasteiger partial charge in [0.15, 0.2) is 0 Å². The molecule has 0 saturated carbocycles. The molecule has 0 fully saturated rings. The van der Waals surface area contributed by atoms with Gasteiger partial charge in [0.05, 0.1) is 5.92 Å². The maximum absolute atomic E-state index is 13.4. The predicted octanol–water partition coefficient (Wildman–Crippen LogP) is 4.07. The van der Waals surface area contributed by atoms with Crippen molar-refractivity contribution in [2.45, 2.75) is 58.7 Å². The van der Waals surface area contributed by atoms with Gasteiger partial charge < -0.3 is 9.88 Å². The van der Waals surface area contributed by atoms with Crippen LogP contribution in [0.2, 0.25) is 0 Å². The first-order chi connectivity index (χ1) is 12.9. The van der Waals surface area contributed by atoms with E-state index in [0.717, 1.165) is 19.4 Å². The number of carbonyl (C=O) groups is 1. The number of aromatic amines is 1. The van der Waals surface area contributed by atoms with Crippen LogP contribution in [0.1, 0.15) is 45.2 Å². The zero-order valence-corrected chi connectivity index (χ0v) is 17.1. The summed E-state index contributed by atoms with van der Waals surface area (Å²) in [6, 6.07) is 7.32. The summed E-state index contributed by atoms with van der Waals surface area (Å²) in [7, 11) is 2.17. The standard InChI is InChI=1S/C23H31N3O/c1-6-15(4)26(14(2)3)23(27)17-10-19-18-8-7-9-20-22(18)16(12-24-20)11-21(19)25(5)13-17/h7-10,12,14-15,17,21,24H,6,11,13H2,1-5H3. The van der Waals surface area contributed by atoms with E-state index in [1.807, 2.05) is 0 Å². The van der Waals surface area contributed by atoms with Gasteiger partial charge in [-0.3, -0.25) is 9.69 Å². The van der Waals surface area contributed by atoms with Crippen LogP contribution in [0.3, 0.4) is 0 Å². The number of likely N-dealkylation sites (N-methyl/N-ethyl adjacent to an activating group) is 1. The average molecular weight is 366 g/mol. The first-order valence-electron chi connectivity index (χ1n) is 10.3. The molecule has 0 bridgehead atoms. The molecule has 1 aliphatic carbocycles. The molecule has 1 N–H and O–H groups in total. The molecular formula is C23H31N3O. The molecule has 1 aromatic carbocycles. The van der Waals surface area contributed by atoms with Crippen LogP contribution in [0.5, 0.6) is 0 Å². The van der Waals surface area contributed by atoms with E-state index < -0.39 is 0 Å². The molecule has 144 valence electrons. The molecule has 4 rings (SSSR count). The molecule has 0 saturated heterocycles. The SMILES string of the molecule is CCC(C)N(C(=O)C1C=C2c3cccc4[nH]cc(c34)CC2N(C)C1)C(C)C. The first kappa shape index (κ1) is 18.3. The minimum atomic E-state index is -0.0756. The Bertz CT molecular complexity index is 894. The van der Waals surface area contributed by atoms with Gasteiger partial charge in [-0.1, -0.05) is 25.1 Å². The van der Waals surface area contributed by atoms with E-state index in [1.165, 1.54) is 27.6 Å². The number of hydrogen-bond acceptors (Lipinski definition) is 2. The second kappa shape index (κ2) is 6.83. The summed E-state index contributed by atoms with van der Waals surface area (Å²) >= 11 is 0. The molecule has 4 heteroatoms. The third-order valence-electron chi connectivity index (χ3n) is 6.46. The van der Waals surface area contributed by atoms with Crippen molar-refractivity contribution >= 4 is 22.4 Å². The number of carbonyl (C=O) groups excluding carboxylic acids is 1. The third kappa shape index (κ3) is 2.91. The zero-order chi connectivity index (χ0) is 19.3. The van der Waals surface area contributed by atoms with Crippen molar-refractivity contribution in [1.82, 2.24) is 14.8 Å². The van der Waals surface area contributed by atoms with Gasteiger partial charge in [0.1, 0.15) is 0 Å². The van der Waals surface area contributed by atoms with Crippen LogP contribution < -0.4 is 0 Å². The zero-order valence-electron chi connectivity index (χ0n) is 17.1. The lowest BCUT2D eigenvalue weighted by Gasteiger charge is -2.42. The number of fused-ring (bicyclic) bond motifs is 2. The highest BCUT2D eigenvalue weighted by molar-refractivity contribution is 5.99. The fraction of sp³-hybridized carbons (Fsp3) is 0.522. The summed E-state index contributed by atoms with van der Waals surface area (Å²) < 4.78 is 0. The molecule has 1 aromatic heterocycles. The van der Waals surface area contributed by atoms with E-state index in [0.29, 0.717) is 6.04 Å². The van der Waals surface area contributed by atoms with Crippen LogP contribution in [-0.2, 0) is 11.2 Å². The Balaban J connectivity index is 1.76. The fourth-order valence-electron chi connectivity index (χ4n) is 4.97. The Morgan fingerprint density at radius 3 is 2.81 bits per heavy atom. The van der Waals surface area contributed by atoms with Crippen molar-refractivity contribution < 1.29 is 4.79 Å². The van der Waals surface area contributed by atoms with Crippen molar-refractivity contribution in [3.63, 3.8) is 0 Å². The Morgan fingerprint density at radius 1 is 1.33 bits per heavy atom. The Kier molecular flexibility index (Phi) is 4.63. The third-order valence-corrected chi connectivity index (χ3v) is 6.46. The van der Waals surface area contributed by atoms with Crippen molar-refractivity contribution in [2.75, 3.05) is 13.6 Å². The van der Waals surface area contributed by atoms with E-state index in [-0.39, 0.29) is 23.9 Å². The Hall–Kier alpha value is -2.07. The highest BCUT2D eigenvalue weighted by atomic mass is 16.2. The number of nitrogens with zero attached hydrogens (tertiary/aromatic N) is 2. The van der Waals surface area contributed by atoms with E-state index in [2.05, 4.69) is 80.0 Å². The van der Waals surface area contributed by atoms with Crippen LogP contribution in [0.15, 0.2) is 30.5 Å². The molecule has 0 spiro atoms. The highest BCUT2D eigenvalue weighted by Crippen LogP contribution is 2.41. The first-order valence-corrected chi connectivity index (χ1v) is 10.3. The number of H-pyrrole nitrogens is 1. The fourth-order valence-corrected chi connectivity index (χ4v) is 4.97. The van der Waals surface area contributed by atoms with Crippen molar-refractivity contribution in [3.05, 3.63) is 41.6 Å². The minimum Gasteiger partial charge on any atom is -0.361 e. The molecule has 3 atom stereocenters. The number of aromatic nitrogens is 1. The lowest BCUT2D eigenvalue weighted by Crippen LogP contribution is -2.51. The van der Waals surface area contributed by atoms with Gasteiger partial charge in [-0.15, -0.1) is 0 Å². The molecule has 4 nitrogen and oxygen atoms in total. The molecular weight excluding hydrogens is 334 g/mol. The second-order valence-corrected chi connectivity index (χ2v) is 8.53. The molecule has 2 heterocycles. The van der Waals surface area contributed by atoms with E-state index in [4.69, 9.17) is 0 Å². The van der Waals surface area contributed by atoms with Gasteiger partial charge in [-0.05, 0) is 63.4 Å². The van der Waals surface area contributed by atoms with Gasteiger partial charge in [-0.25, -0.2) is 0 Å². The summed E-state index contributed by atoms with van der Waals surface area (Å²) in [5, 5.41) is 1.34. The predicted molar refractivity (Wildman–Crippen MR) is 112 cm³/mol. The van der Waals surface area contributed by atoms with Crippen molar-refractivity contribution in [2.24, 2.45) is 5.92 Å². The van der Waals surface area contributed by atoms with Gasteiger partial charge in [0.2, 0.25) is 5.91 Å². The van der Waals surface area contributed by atoms with Crippen LogP contribution in [0.4, 0.5) is 0 Å². The smallest absolute Gasteiger partial charge is 0.231 e. The normalized spacial score (nSPS) is 23.3. The van der Waals surface area contributed by atoms with Crippen LogP contribution in [0.25, 0.3) is 16.5 Å². The summed E-state index contributed by atoms with van der Waals surface area (Å²) in [5.74, 6) is 0.192. The van der Waals surface area contributed by atoms with Gasteiger partial charge >= 0.3 is 0 Å². The van der Waals surface area contributed by atoms with Crippen LogP contribution in [0, 0.1) is 5.92 Å². The lowest BCUT2D eigenvalue weighted by molar-refractivity contribution is -0.138. The Labute approximate surface area is 162 Å². The summed E-state index contributed by atoms with van der Waals surface area (Å²) in [4.78, 5) is 21.3. The lowest BCUT2D eigenvalue weighted by atomic mass is 9.79. The van der Waals surface area contributed by atoms with Crippen LogP contribution in [-0.4, -0.2) is 52.4 Å². The molecule has 2 aromatic rings. The molecule has 2 aliphatic rings. The van der Waals surface area contributed by atoms with E-state index in [1.54, 1.807) is 0 Å². The number of amides is 1. The summed E-state index contributed by atoms with van der Waals surface area (Å²) in [5.41, 5.74) is 5.21. The minimum absolute atomic E-state index is 0.0756. The summed E-state index contributed by atoms with van der Waals surface area (Å²) in [6.07, 6.45) is 6.42. The molecule has 0 radical (unpaired) electrons. The molecule has 27 heavy (non-hydrogen) atoms. The quantitative estimate of drug-likeness (QED) is 0.887. The van der Waals surface area contributed by atoms with E-state index in [9.17, 15) is 4.79 Å². The monoisotopic (exact) mass is 365 g/mol.